The van der Waals surface area contributed by atoms with Crippen molar-refractivity contribution in [2.24, 2.45) is 5.73 Å². The van der Waals surface area contributed by atoms with E-state index in [0.29, 0.717) is 19.4 Å². The zero-order valence-electron chi connectivity index (χ0n) is 21.3. The number of carboxylic acids is 1. The number of phosphoric ester groups is 1. The molecule has 0 radical (unpaired) electrons. The van der Waals surface area contributed by atoms with Crippen LogP contribution in [-0.2, 0) is 23.1 Å². The lowest BCUT2D eigenvalue weighted by Gasteiger charge is -2.13. The van der Waals surface area contributed by atoms with Crippen LogP contribution in [0, 0.1) is 0 Å². The van der Waals surface area contributed by atoms with Gasteiger partial charge < -0.3 is 20.5 Å². The van der Waals surface area contributed by atoms with Gasteiger partial charge in [-0.25, -0.2) is 4.57 Å². The minimum Gasteiger partial charge on any atom is -0.480 e. The van der Waals surface area contributed by atoms with Gasteiger partial charge in [0.15, 0.2) is 0 Å². The van der Waals surface area contributed by atoms with Gasteiger partial charge in [0.05, 0.1) is 13.2 Å². The van der Waals surface area contributed by atoms with Gasteiger partial charge in [-0.2, -0.15) is 0 Å². The molecule has 9 heteroatoms. The van der Waals surface area contributed by atoms with E-state index in [1.165, 1.54) is 83.5 Å². The molecule has 0 rings (SSSR count). The molecule has 0 heterocycles. The number of phosphoric acid groups is 1. The van der Waals surface area contributed by atoms with Crippen molar-refractivity contribution in [2.45, 2.75) is 116 Å². The van der Waals surface area contributed by atoms with Crippen LogP contribution < -0.4 is 5.73 Å². The molecule has 4 N–H and O–H groups in total. The third kappa shape index (κ3) is 24.4. The van der Waals surface area contributed by atoms with Gasteiger partial charge in [0, 0.05) is 13.2 Å². The van der Waals surface area contributed by atoms with Crippen molar-refractivity contribution in [3.63, 3.8) is 0 Å². The third-order valence-corrected chi connectivity index (χ3v) is 6.46. The van der Waals surface area contributed by atoms with Crippen LogP contribution in [0.3, 0.4) is 0 Å². The van der Waals surface area contributed by atoms with E-state index < -0.39 is 26.4 Å². The maximum Gasteiger partial charge on any atom is 0.472 e. The molecule has 0 aliphatic heterocycles. The Labute approximate surface area is 207 Å². The van der Waals surface area contributed by atoms with Crippen LogP contribution in [0.15, 0.2) is 12.2 Å². The fourth-order valence-electron chi connectivity index (χ4n) is 3.32. The van der Waals surface area contributed by atoms with Crippen LogP contribution in [0.4, 0.5) is 0 Å². The first-order valence-corrected chi connectivity index (χ1v) is 14.7. The van der Waals surface area contributed by atoms with Crippen molar-refractivity contribution in [3.8, 4) is 0 Å². The lowest BCUT2D eigenvalue weighted by Crippen LogP contribution is -2.34. The van der Waals surface area contributed by atoms with E-state index >= 15 is 0 Å². The Morgan fingerprint density at radius 1 is 0.794 bits per heavy atom. The van der Waals surface area contributed by atoms with Gasteiger partial charge in [0.1, 0.15) is 6.04 Å². The fourth-order valence-corrected chi connectivity index (χ4v) is 4.11. The van der Waals surface area contributed by atoms with Gasteiger partial charge in [-0.1, -0.05) is 76.9 Å². The predicted octanol–water partition coefficient (Wildman–Crippen LogP) is 6.37. The zero-order chi connectivity index (χ0) is 25.3. The van der Waals surface area contributed by atoms with Gasteiger partial charge >= 0.3 is 13.8 Å². The largest absolute Gasteiger partial charge is 0.480 e. The number of nitrogens with two attached hydrogens (primary N) is 1. The molecular weight excluding hydrogens is 457 g/mol. The first-order valence-electron chi connectivity index (χ1n) is 13.2. The first kappa shape index (κ1) is 33.2. The van der Waals surface area contributed by atoms with Crippen molar-refractivity contribution in [2.75, 3.05) is 26.4 Å². The van der Waals surface area contributed by atoms with E-state index in [0.717, 1.165) is 13.0 Å². The fraction of sp³-hybridized carbons (Fsp3) is 0.880. The van der Waals surface area contributed by atoms with Gasteiger partial charge in [0.2, 0.25) is 0 Å². The van der Waals surface area contributed by atoms with Gasteiger partial charge in [-0.05, 0) is 44.9 Å². The molecule has 8 nitrogen and oxygen atoms in total. The maximum absolute atomic E-state index is 11.6. The van der Waals surface area contributed by atoms with Crippen LogP contribution in [0.1, 0.15) is 110 Å². The van der Waals surface area contributed by atoms with E-state index in [9.17, 15) is 14.3 Å². The highest BCUT2D eigenvalue weighted by molar-refractivity contribution is 7.47. The van der Waals surface area contributed by atoms with E-state index in [1.807, 2.05) is 0 Å². The average Bonchev–Trinajstić information content (AvgIpc) is 2.80. The number of aliphatic carboxylic acids is 1. The SMILES string of the molecule is CCCCCCCC/C=C\CCCCCCCCOCCCCOP(=O)(O)OC[C@H](N)C(=O)O. The Morgan fingerprint density at radius 3 is 1.82 bits per heavy atom. The summed E-state index contributed by atoms with van der Waals surface area (Å²) in [6.07, 6.45) is 23.9. The molecule has 202 valence electrons. The van der Waals surface area contributed by atoms with Crippen molar-refractivity contribution in [1.29, 1.82) is 0 Å². The Balaban J connectivity index is 3.30. The van der Waals surface area contributed by atoms with Crippen LogP contribution in [0.5, 0.6) is 0 Å². The number of ether oxygens (including phenoxy) is 1. The molecule has 0 saturated heterocycles. The number of hydrogen-bond acceptors (Lipinski definition) is 6. The smallest absolute Gasteiger partial charge is 0.472 e. The number of carbonyl (C=O) groups is 1. The summed E-state index contributed by atoms with van der Waals surface area (Å²) < 4.78 is 26.5. The number of unbranched alkanes of at least 4 members (excludes halogenated alkanes) is 13. The second-order valence-corrected chi connectivity index (χ2v) is 10.3. The first-order chi connectivity index (χ1) is 16.4. The average molecular weight is 508 g/mol. The molecule has 0 aliphatic carbocycles. The van der Waals surface area contributed by atoms with E-state index in [1.54, 1.807) is 0 Å². The minimum atomic E-state index is -4.27. The minimum absolute atomic E-state index is 0.0354. The molecule has 0 amide bonds. The van der Waals surface area contributed by atoms with Crippen molar-refractivity contribution in [3.05, 3.63) is 12.2 Å². The predicted molar refractivity (Wildman–Crippen MR) is 137 cm³/mol. The lowest BCUT2D eigenvalue weighted by atomic mass is 10.1. The van der Waals surface area contributed by atoms with Crippen LogP contribution in [0.25, 0.3) is 0 Å². The number of carboxylic acid groups (broad SMARTS) is 1. The molecule has 0 aromatic carbocycles. The molecule has 0 fully saturated rings. The quantitative estimate of drug-likeness (QED) is 0.0700. The summed E-state index contributed by atoms with van der Waals surface area (Å²) in [5, 5.41) is 8.61. The molecule has 34 heavy (non-hydrogen) atoms. The highest BCUT2D eigenvalue weighted by atomic mass is 31.2. The van der Waals surface area contributed by atoms with Crippen LogP contribution in [0.2, 0.25) is 0 Å². The Kier molecular flexibility index (Phi) is 23.4. The van der Waals surface area contributed by atoms with Gasteiger partial charge in [-0.3, -0.25) is 13.8 Å². The normalized spacial score (nSPS) is 14.4. The molecule has 0 spiro atoms. The molecule has 0 bridgehead atoms. The van der Waals surface area contributed by atoms with Crippen LogP contribution >= 0.6 is 7.82 Å². The standard InChI is InChI=1S/C25H50NO7P/c1-2-3-4-5-6-7-8-9-10-11-12-13-14-15-16-17-20-31-21-18-19-22-32-34(29,30)33-23-24(26)25(27)28/h9-10,24H,2-8,11-23,26H2,1H3,(H,27,28)(H,29,30)/b10-9-/t24-/m0/s1. The Bertz CT molecular complexity index is 545. The van der Waals surface area contributed by atoms with Crippen molar-refractivity contribution >= 4 is 13.8 Å². The molecule has 0 saturated carbocycles. The molecule has 0 aromatic rings. The topological polar surface area (TPSA) is 128 Å². The third-order valence-electron chi connectivity index (χ3n) is 5.47. The summed E-state index contributed by atoms with van der Waals surface area (Å²) in [6, 6.07) is -1.36. The monoisotopic (exact) mass is 507 g/mol. The maximum atomic E-state index is 11.6. The van der Waals surface area contributed by atoms with Crippen molar-refractivity contribution < 1.29 is 33.1 Å². The second kappa shape index (κ2) is 24.0. The number of hydrogen-bond donors (Lipinski definition) is 3. The van der Waals surface area contributed by atoms with E-state index in [2.05, 4.69) is 23.6 Å². The van der Waals surface area contributed by atoms with E-state index in [4.69, 9.17) is 20.1 Å². The summed E-state index contributed by atoms with van der Waals surface area (Å²) >= 11 is 0. The molecule has 2 atom stereocenters. The molecule has 1 unspecified atom stereocenters. The number of allylic oxidation sites excluding steroid dienone is 2. The molecular formula is C25H50NO7P. The molecule has 0 aromatic heterocycles. The zero-order valence-corrected chi connectivity index (χ0v) is 22.2. The summed E-state index contributed by atoms with van der Waals surface area (Å²) in [5.41, 5.74) is 5.20. The Hall–Kier alpha value is -0.760. The lowest BCUT2D eigenvalue weighted by molar-refractivity contribution is -0.139. The van der Waals surface area contributed by atoms with Gasteiger partial charge in [-0.15, -0.1) is 0 Å². The van der Waals surface area contributed by atoms with Crippen molar-refractivity contribution in [1.82, 2.24) is 0 Å². The second-order valence-electron chi connectivity index (χ2n) is 8.80. The highest BCUT2D eigenvalue weighted by Crippen LogP contribution is 2.43. The number of rotatable bonds is 26. The van der Waals surface area contributed by atoms with Gasteiger partial charge in [0.25, 0.3) is 0 Å². The summed E-state index contributed by atoms with van der Waals surface area (Å²) in [4.78, 5) is 20.0. The summed E-state index contributed by atoms with van der Waals surface area (Å²) in [5.74, 6) is -1.31. The Morgan fingerprint density at radius 2 is 1.26 bits per heavy atom. The van der Waals surface area contributed by atoms with E-state index in [-0.39, 0.29) is 6.61 Å². The summed E-state index contributed by atoms with van der Waals surface area (Å²) in [7, 11) is -4.27. The highest BCUT2D eigenvalue weighted by Gasteiger charge is 2.24. The summed E-state index contributed by atoms with van der Waals surface area (Å²) in [6.45, 7) is 3.02. The van der Waals surface area contributed by atoms with Crippen LogP contribution in [-0.4, -0.2) is 48.4 Å². The molecule has 0 aliphatic rings.